The highest BCUT2D eigenvalue weighted by Crippen LogP contribution is 2.36. The van der Waals surface area contributed by atoms with Crippen LogP contribution in [-0.2, 0) is 4.79 Å². The number of nitrogens with one attached hydrogen (secondary N) is 2. The van der Waals surface area contributed by atoms with E-state index in [4.69, 9.17) is 4.74 Å². The molecular formula is C25H31N3O2. The Labute approximate surface area is 178 Å². The van der Waals surface area contributed by atoms with E-state index >= 15 is 0 Å². The van der Waals surface area contributed by atoms with Gasteiger partial charge in [0.15, 0.2) is 0 Å². The number of carbonyl (C=O) groups is 1. The van der Waals surface area contributed by atoms with Crippen molar-refractivity contribution in [2.45, 2.75) is 45.6 Å². The summed E-state index contributed by atoms with van der Waals surface area (Å²) in [5.74, 6) is 1.27. The molecule has 158 valence electrons. The van der Waals surface area contributed by atoms with Gasteiger partial charge in [-0.05, 0) is 76.4 Å². The Morgan fingerprint density at radius 2 is 1.87 bits per heavy atom. The fraction of sp³-hybridized carbons (Fsp3) is 0.400. The smallest absolute Gasteiger partial charge is 0.241 e. The van der Waals surface area contributed by atoms with E-state index in [1.807, 2.05) is 38.1 Å². The lowest BCUT2D eigenvalue weighted by atomic mass is 9.87. The van der Waals surface area contributed by atoms with E-state index in [2.05, 4.69) is 46.4 Å². The van der Waals surface area contributed by atoms with Crippen molar-refractivity contribution in [2.24, 2.45) is 0 Å². The largest absolute Gasteiger partial charge is 0.492 e. The van der Waals surface area contributed by atoms with E-state index in [1.165, 1.54) is 22.2 Å². The molecule has 0 radical (unpaired) electrons. The molecule has 4 rings (SSSR count). The number of ether oxygens (including phenoxy) is 1. The van der Waals surface area contributed by atoms with Crippen molar-refractivity contribution < 1.29 is 9.53 Å². The summed E-state index contributed by atoms with van der Waals surface area (Å²) in [6.45, 7) is 8.53. The molecule has 1 amide bonds. The lowest BCUT2D eigenvalue weighted by Crippen LogP contribution is -2.45. The van der Waals surface area contributed by atoms with Gasteiger partial charge < -0.3 is 15.0 Å². The van der Waals surface area contributed by atoms with Gasteiger partial charge in [-0.1, -0.05) is 30.3 Å². The number of aryl methyl sites for hydroxylation is 1. The molecule has 1 aliphatic rings. The molecule has 2 aromatic carbocycles. The van der Waals surface area contributed by atoms with Gasteiger partial charge in [0.1, 0.15) is 5.75 Å². The first kappa shape index (κ1) is 20.5. The number of fused-ring (bicyclic) bond motifs is 1. The third-order valence-electron chi connectivity index (χ3n) is 6.25. The highest BCUT2D eigenvalue weighted by Gasteiger charge is 2.29. The van der Waals surface area contributed by atoms with Gasteiger partial charge in [-0.15, -0.1) is 0 Å². The third-order valence-corrected chi connectivity index (χ3v) is 6.25. The summed E-state index contributed by atoms with van der Waals surface area (Å²) < 4.78 is 5.63. The third kappa shape index (κ3) is 4.08. The topological polar surface area (TPSA) is 57.4 Å². The molecule has 3 aromatic rings. The predicted molar refractivity (Wildman–Crippen MR) is 122 cm³/mol. The number of likely N-dealkylation sites (tertiary alicyclic amines) is 1. The van der Waals surface area contributed by atoms with Gasteiger partial charge in [0.25, 0.3) is 0 Å². The summed E-state index contributed by atoms with van der Waals surface area (Å²) in [4.78, 5) is 18.7. The average molecular weight is 406 g/mol. The summed E-state index contributed by atoms with van der Waals surface area (Å²) >= 11 is 0. The minimum Gasteiger partial charge on any atom is -0.492 e. The van der Waals surface area contributed by atoms with Crippen molar-refractivity contribution in [3.05, 3.63) is 59.8 Å². The van der Waals surface area contributed by atoms with E-state index < -0.39 is 0 Å². The van der Waals surface area contributed by atoms with Gasteiger partial charge in [-0.3, -0.25) is 9.69 Å². The number of anilines is 1. The van der Waals surface area contributed by atoms with Crippen LogP contribution in [0.2, 0.25) is 0 Å². The van der Waals surface area contributed by atoms with E-state index in [-0.39, 0.29) is 11.9 Å². The fourth-order valence-electron chi connectivity index (χ4n) is 4.65. The van der Waals surface area contributed by atoms with Crippen LogP contribution in [0.3, 0.4) is 0 Å². The molecular weight excluding hydrogens is 374 g/mol. The molecule has 2 heterocycles. The number of rotatable bonds is 6. The lowest BCUT2D eigenvalue weighted by molar-refractivity contribution is -0.121. The molecule has 1 aliphatic heterocycles. The molecule has 1 unspecified atom stereocenters. The molecule has 0 aliphatic carbocycles. The second-order valence-corrected chi connectivity index (χ2v) is 8.11. The van der Waals surface area contributed by atoms with E-state index in [9.17, 15) is 4.79 Å². The Bertz CT molecular complexity index is 1020. The number of piperidine rings is 1. The zero-order valence-electron chi connectivity index (χ0n) is 18.1. The fourth-order valence-corrected chi connectivity index (χ4v) is 4.65. The van der Waals surface area contributed by atoms with Crippen LogP contribution in [0.25, 0.3) is 10.9 Å². The maximum Gasteiger partial charge on any atom is 0.241 e. The molecule has 1 atom stereocenters. The van der Waals surface area contributed by atoms with E-state index in [0.717, 1.165) is 31.6 Å². The number of aromatic amines is 1. The molecule has 2 N–H and O–H groups in total. The SMILES string of the molecule is CCOc1ccccc1NC(=O)C(C)N1CCC(c2c(C)[nH]c3ccccc23)CC1. The molecule has 5 nitrogen and oxygen atoms in total. The van der Waals surface area contributed by atoms with Crippen molar-refractivity contribution in [3.63, 3.8) is 0 Å². The van der Waals surface area contributed by atoms with Gasteiger partial charge >= 0.3 is 0 Å². The summed E-state index contributed by atoms with van der Waals surface area (Å²) in [6, 6.07) is 16.0. The molecule has 1 fully saturated rings. The van der Waals surface area contributed by atoms with Crippen LogP contribution in [0.4, 0.5) is 5.69 Å². The van der Waals surface area contributed by atoms with Gasteiger partial charge in [-0.25, -0.2) is 0 Å². The van der Waals surface area contributed by atoms with Gasteiger partial charge in [-0.2, -0.15) is 0 Å². The van der Waals surface area contributed by atoms with Crippen LogP contribution < -0.4 is 10.1 Å². The summed E-state index contributed by atoms with van der Waals surface area (Å²) in [5, 5.41) is 4.39. The molecule has 0 spiro atoms. The number of nitrogens with zero attached hydrogens (tertiary/aromatic N) is 1. The molecule has 0 saturated carbocycles. The number of hydrogen-bond donors (Lipinski definition) is 2. The zero-order chi connectivity index (χ0) is 21.1. The Balaban J connectivity index is 1.40. The number of H-pyrrole nitrogens is 1. The Morgan fingerprint density at radius 1 is 1.17 bits per heavy atom. The highest BCUT2D eigenvalue weighted by atomic mass is 16.5. The van der Waals surface area contributed by atoms with Crippen molar-refractivity contribution in [3.8, 4) is 5.75 Å². The quantitative estimate of drug-likeness (QED) is 0.601. The van der Waals surface area contributed by atoms with Crippen molar-refractivity contribution in [2.75, 3.05) is 25.0 Å². The first-order chi connectivity index (χ1) is 14.6. The minimum atomic E-state index is -0.176. The molecule has 30 heavy (non-hydrogen) atoms. The average Bonchev–Trinajstić information content (AvgIpc) is 3.10. The molecule has 1 saturated heterocycles. The Kier molecular flexibility index (Phi) is 6.09. The number of benzene rings is 2. The predicted octanol–water partition coefficient (Wildman–Crippen LogP) is 5.08. The Morgan fingerprint density at radius 3 is 2.63 bits per heavy atom. The molecule has 0 bridgehead atoms. The summed E-state index contributed by atoms with van der Waals surface area (Å²) in [6.07, 6.45) is 2.13. The number of hydrogen-bond acceptors (Lipinski definition) is 3. The van der Waals surface area contributed by atoms with Gasteiger partial charge in [0, 0.05) is 16.6 Å². The number of amides is 1. The number of carbonyl (C=O) groups excluding carboxylic acids is 1. The van der Waals surface area contributed by atoms with Crippen LogP contribution in [0, 0.1) is 6.92 Å². The standard InChI is InChI=1S/C25H31N3O2/c1-4-30-23-12-8-7-11-22(23)27-25(29)18(3)28-15-13-19(14-16-28)24-17(2)26-21-10-6-5-9-20(21)24/h5-12,18-19,26H,4,13-16H2,1-3H3,(H,27,29). The molecule has 5 heteroatoms. The van der Waals surface area contributed by atoms with Crippen molar-refractivity contribution in [1.29, 1.82) is 0 Å². The lowest BCUT2D eigenvalue weighted by Gasteiger charge is -2.35. The second kappa shape index (κ2) is 8.92. The maximum absolute atomic E-state index is 12.9. The number of aromatic nitrogens is 1. The summed E-state index contributed by atoms with van der Waals surface area (Å²) in [5.41, 5.74) is 4.68. The van der Waals surface area contributed by atoms with Gasteiger partial charge in [0.2, 0.25) is 5.91 Å². The van der Waals surface area contributed by atoms with E-state index in [1.54, 1.807) is 0 Å². The van der Waals surface area contributed by atoms with Crippen LogP contribution in [0.15, 0.2) is 48.5 Å². The summed E-state index contributed by atoms with van der Waals surface area (Å²) in [7, 11) is 0. The first-order valence-corrected chi connectivity index (χ1v) is 10.9. The van der Waals surface area contributed by atoms with Gasteiger partial charge in [0.05, 0.1) is 18.3 Å². The first-order valence-electron chi connectivity index (χ1n) is 10.9. The number of para-hydroxylation sites is 3. The van der Waals surface area contributed by atoms with Crippen molar-refractivity contribution in [1.82, 2.24) is 9.88 Å². The highest BCUT2D eigenvalue weighted by molar-refractivity contribution is 5.95. The zero-order valence-corrected chi connectivity index (χ0v) is 18.1. The second-order valence-electron chi connectivity index (χ2n) is 8.11. The minimum absolute atomic E-state index is 0.0175. The van der Waals surface area contributed by atoms with Crippen LogP contribution >= 0.6 is 0 Å². The molecule has 1 aromatic heterocycles. The van der Waals surface area contributed by atoms with E-state index in [0.29, 0.717) is 18.3 Å². The maximum atomic E-state index is 12.9. The van der Waals surface area contributed by atoms with Crippen LogP contribution in [0.1, 0.15) is 43.9 Å². The normalized spacial score (nSPS) is 16.5. The monoisotopic (exact) mass is 405 g/mol. The van der Waals surface area contributed by atoms with Crippen LogP contribution in [0.5, 0.6) is 5.75 Å². The van der Waals surface area contributed by atoms with Crippen molar-refractivity contribution >= 4 is 22.5 Å². The van der Waals surface area contributed by atoms with Crippen LogP contribution in [-0.4, -0.2) is 41.5 Å². The Hall–Kier alpha value is -2.79.